The van der Waals surface area contributed by atoms with Crippen molar-refractivity contribution in [1.82, 2.24) is 15.0 Å². The fourth-order valence-corrected chi connectivity index (χ4v) is 5.27. The fraction of sp³-hybridized carbons (Fsp3) is 0.0952. The molecular weight excluding hydrogens is 408 g/mol. The van der Waals surface area contributed by atoms with E-state index in [2.05, 4.69) is 65.5 Å². The van der Waals surface area contributed by atoms with Crippen molar-refractivity contribution in [3.05, 3.63) is 64.3 Å². The van der Waals surface area contributed by atoms with Gasteiger partial charge in [-0.25, -0.2) is 9.97 Å². The second-order valence-corrected chi connectivity index (χ2v) is 9.21. The van der Waals surface area contributed by atoms with E-state index in [0.717, 1.165) is 37.8 Å². The van der Waals surface area contributed by atoms with E-state index in [1.54, 1.807) is 22.7 Å². The summed E-state index contributed by atoms with van der Waals surface area (Å²) in [5, 5.41) is 5.62. The molecule has 2 aromatic carbocycles. The van der Waals surface area contributed by atoms with Gasteiger partial charge in [-0.05, 0) is 73.5 Å². The number of aromatic nitrogens is 3. The summed E-state index contributed by atoms with van der Waals surface area (Å²) in [6, 6.07) is 16.7. The third kappa shape index (κ3) is 3.24. The van der Waals surface area contributed by atoms with Crippen LogP contribution in [0.2, 0.25) is 5.28 Å². The molecule has 0 spiro atoms. The Morgan fingerprint density at radius 1 is 0.893 bits per heavy atom. The number of rotatable bonds is 3. The maximum Gasteiger partial charge on any atom is 0.225 e. The lowest BCUT2D eigenvalue weighted by molar-refractivity contribution is 1.23. The van der Waals surface area contributed by atoms with E-state index in [-0.39, 0.29) is 5.28 Å². The molecule has 0 aliphatic carbocycles. The fourth-order valence-electron chi connectivity index (χ4n) is 3.10. The lowest BCUT2D eigenvalue weighted by Crippen LogP contribution is -1.95. The normalized spacial score (nSPS) is 11.4. The van der Waals surface area contributed by atoms with Crippen molar-refractivity contribution in [2.75, 3.05) is 5.32 Å². The van der Waals surface area contributed by atoms with E-state index in [1.165, 1.54) is 15.1 Å². The third-order valence-electron chi connectivity index (χ3n) is 4.43. The molecule has 5 rings (SSSR count). The predicted molar refractivity (Wildman–Crippen MR) is 120 cm³/mol. The van der Waals surface area contributed by atoms with Gasteiger partial charge in [0.15, 0.2) is 0 Å². The third-order valence-corrected chi connectivity index (χ3v) is 6.61. The van der Waals surface area contributed by atoms with Crippen molar-refractivity contribution in [3.8, 4) is 10.6 Å². The van der Waals surface area contributed by atoms with Gasteiger partial charge in [-0.15, -0.1) is 22.7 Å². The molecule has 28 heavy (non-hydrogen) atoms. The highest BCUT2D eigenvalue weighted by Crippen LogP contribution is 2.33. The van der Waals surface area contributed by atoms with Gasteiger partial charge >= 0.3 is 0 Å². The van der Waals surface area contributed by atoms with E-state index >= 15 is 0 Å². The summed E-state index contributed by atoms with van der Waals surface area (Å²) in [6.07, 6.45) is 0. The van der Waals surface area contributed by atoms with Crippen molar-refractivity contribution in [3.63, 3.8) is 0 Å². The number of benzene rings is 2. The second-order valence-electron chi connectivity index (χ2n) is 6.61. The molecule has 0 unspecified atom stereocenters. The molecule has 0 saturated heterocycles. The Morgan fingerprint density at radius 2 is 1.71 bits per heavy atom. The molecular formula is C21H15ClN4S2. The Hall–Kier alpha value is -2.54. The zero-order chi connectivity index (χ0) is 19.3. The van der Waals surface area contributed by atoms with Crippen LogP contribution in [0.15, 0.2) is 48.5 Å². The topological polar surface area (TPSA) is 50.7 Å². The van der Waals surface area contributed by atoms with Crippen molar-refractivity contribution in [2.24, 2.45) is 0 Å². The lowest BCUT2D eigenvalue weighted by Gasteiger charge is -2.07. The summed E-state index contributed by atoms with van der Waals surface area (Å²) in [6.45, 7) is 4.16. The molecule has 0 atom stereocenters. The van der Waals surface area contributed by atoms with Gasteiger partial charge < -0.3 is 5.32 Å². The molecule has 3 aromatic heterocycles. The van der Waals surface area contributed by atoms with Crippen molar-refractivity contribution < 1.29 is 0 Å². The number of hydrogen-bond donors (Lipinski definition) is 1. The van der Waals surface area contributed by atoms with Crippen molar-refractivity contribution in [2.45, 2.75) is 13.8 Å². The Kier molecular flexibility index (Phi) is 4.27. The average Bonchev–Trinajstić information content (AvgIpc) is 3.24. The van der Waals surface area contributed by atoms with E-state index < -0.39 is 0 Å². The summed E-state index contributed by atoms with van der Waals surface area (Å²) in [5.74, 6) is 0.725. The first-order valence-electron chi connectivity index (χ1n) is 8.73. The molecule has 3 heterocycles. The summed E-state index contributed by atoms with van der Waals surface area (Å²) < 4.78 is 1.21. The number of halogens is 1. The second kappa shape index (κ2) is 6.81. The van der Waals surface area contributed by atoms with Crippen LogP contribution in [-0.2, 0) is 0 Å². The summed E-state index contributed by atoms with van der Waals surface area (Å²) in [4.78, 5) is 15.5. The first kappa shape index (κ1) is 17.6. The average molecular weight is 423 g/mol. The Bertz CT molecular complexity index is 1320. The number of anilines is 2. The monoisotopic (exact) mass is 422 g/mol. The summed E-state index contributed by atoms with van der Waals surface area (Å²) in [5.41, 5.74) is 4.33. The van der Waals surface area contributed by atoms with Crippen LogP contribution in [0.1, 0.15) is 10.4 Å². The van der Waals surface area contributed by atoms with E-state index in [1.807, 2.05) is 12.1 Å². The molecule has 0 aliphatic heterocycles. The van der Waals surface area contributed by atoms with Crippen LogP contribution < -0.4 is 5.32 Å². The molecule has 7 heteroatoms. The molecule has 0 bridgehead atoms. The number of aryl methyl sites for hydroxylation is 2. The molecule has 0 radical (unpaired) electrons. The van der Waals surface area contributed by atoms with Gasteiger partial charge in [-0.3, -0.25) is 0 Å². The predicted octanol–water partition coefficient (Wildman–Crippen LogP) is 6.98. The maximum absolute atomic E-state index is 6.09. The van der Waals surface area contributed by atoms with Gasteiger partial charge in [0.25, 0.3) is 0 Å². The summed E-state index contributed by atoms with van der Waals surface area (Å²) >= 11 is 9.42. The SMILES string of the molecule is Cc1ccc2nc(-c3ccc(Nc4nc(Cl)nc5sc(C)cc45)cc3)sc2c1. The van der Waals surface area contributed by atoms with Gasteiger partial charge in [-0.2, -0.15) is 4.98 Å². The van der Waals surface area contributed by atoms with E-state index in [4.69, 9.17) is 16.6 Å². The number of fused-ring (bicyclic) bond motifs is 2. The molecule has 0 aliphatic rings. The smallest absolute Gasteiger partial charge is 0.225 e. The molecule has 5 aromatic rings. The standard InChI is InChI=1S/C21H15ClN4S2/c1-11-3-8-16-17(9-11)28-19(24-16)13-4-6-14(7-5-13)23-18-15-10-12(2)27-20(15)26-21(22)25-18/h3-10H,1-2H3,(H,23,25,26). The van der Waals surface area contributed by atoms with Gasteiger partial charge in [-0.1, -0.05) is 6.07 Å². The number of nitrogens with one attached hydrogen (secondary N) is 1. The van der Waals surface area contributed by atoms with Crippen molar-refractivity contribution >= 4 is 66.2 Å². The zero-order valence-electron chi connectivity index (χ0n) is 15.2. The van der Waals surface area contributed by atoms with Crippen LogP contribution in [0, 0.1) is 13.8 Å². The van der Waals surface area contributed by atoms with Crippen LogP contribution in [-0.4, -0.2) is 15.0 Å². The van der Waals surface area contributed by atoms with E-state index in [0.29, 0.717) is 0 Å². The van der Waals surface area contributed by atoms with Crippen LogP contribution in [0.3, 0.4) is 0 Å². The van der Waals surface area contributed by atoms with E-state index in [9.17, 15) is 0 Å². The number of thiazole rings is 1. The maximum atomic E-state index is 6.09. The molecule has 1 N–H and O–H groups in total. The molecule has 0 saturated carbocycles. The van der Waals surface area contributed by atoms with Crippen LogP contribution in [0.4, 0.5) is 11.5 Å². The van der Waals surface area contributed by atoms with Gasteiger partial charge in [0.05, 0.1) is 15.6 Å². The highest BCUT2D eigenvalue weighted by atomic mass is 35.5. The molecule has 0 fully saturated rings. The Morgan fingerprint density at radius 3 is 2.54 bits per heavy atom. The summed E-state index contributed by atoms with van der Waals surface area (Å²) in [7, 11) is 0. The molecule has 0 amide bonds. The largest absolute Gasteiger partial charge is 0.340 e. The van der Waals surface area contributed by atoms with Gasteiger partial charge in [0.1, 0.15) is 15.7 Å². The number of nitrogens with zero attached hydrogens (tertiary/aromatic N) is 3. The minimum Gasteiger partial charge on any atom is -0.340 e. The number of thiophene rings is 1. The highest BCUT2D eigenvalue weighted by molar-refractivity contribution is 7.21. The van der Waals surface area contributed by atoms with Crippen molar-refractivity contribution in [1.29, 1.82) is 0 Å². The minimum atomic E-state index is 0.248. The van der Waals surface area contributed by atoms with Gasteiger partial charge in [0, 0.05) is 16.1 Å². The molecule has 138 valence electrons. The quantitative estimate of drug-likeness (QED) is 0.318. The Balaban J connectivity index is 1.46. The molecule has 4 nitrogen and oxygen atoms in total. The van der Waals surface area contributed by atoms with Gasteiger partial charge in [0.2, 0.25) is 5.28 Å². The van der Waals surface area contributed by atoms with Crippen LogP contribution >= 0.6 is 34.3 Å². The highest BCUT2D eigenvalue weighted by Gasteiger charge is 2.11. The first-order chi connectivity index (χ1) is 13.5. The van der Waals surface area contributed by atoms with Crippen LogP contribution in [0.5, 0.6) is 0 Å². The van der Waals surface area contributed by atoms with Crippen LogP contribution in [0.25, 0.3) is 31.0 Å². The number of hydrogen-bond acceptors (Lipinski definition) is 6. The Labute approximate surface area is 174 Å². The minimum absolute atomic E-state index is 0.248. The first-order valence-corrected chi connectivity index (χ1v) is 10.7. The lowest BCUT2D eigenvalue weighted by atomic mass is 10.2. The zero-order valence-corrected chi connectivity index (χ0v) is 17.5.